The van der Waals surface area contributed by atoms with Crippen molar-refractivity contribution < 1.29 is 8.78 Å². The summed E-state index contributed by atoms with van der Waals surface area (Å²) in [5.74, 6) is -1.45. The van der Waals surface area contributed by atoms with Crippen molar-refractivity contribution in [2.24, 2.45) is 0 Å². The highest BCUT2D eigenvalue weighted by Gasteiger charge is 2.45. The van der Waals surface area contributed by atoms with Crippen molar-refractivity contribution in [2.75, 3.05) is 23.3 Å². The number of alkyl halides is 2. The number of rotatable bonds is 4. The van der Waals surface area contributed by atoms with E-state index in [-0.39, 0.29) is 13.1 Å². The molecule has 2 aromatic rings. The summed E-state index contributed by atoms with van der Waals surface area (Å²) >= 11 is 0. The van der Waals surface area contributed by atoms with Gasteiger partial charge in [0, 0.05) is 6.20 Å². The van der Waals surface area contributed by atoms with E-state index in [1.54, 1.807) is 24.3 Å². The Kier molecular flexibility index (Phi) is 3.92. The van der Waals surface area contributed by atoms with Gasteiger partial charge in [-0.2, -0.15) is 10.5 Å². The van der Waals surface area contributed by atoms with E-state index < -0.39 is 11.3 Å². The van der Waals surface area contributed by atoms with Gasteiger partial charge in [-0.3, -0.25) is 0 Å². The van der Waals surface area contributed by atoms with Crippen LogP contribution in [-0.4, -0.2) is 29.0 Å². The fraction of sp³-hybridized carbons (Fsp3) is 0.368. The molecule has 1 aliphatic heterocycles. The monoisotopic (exact) mass is 366 g/mol. The quantitative estimate of drug-likeness (QED) is 0.891. The minimum atomic E-state index is -2.71. The van der Waals surface area contributed by atoms with Crippen LogP contribution in [0, 0.1) is 22.7 Å². The Hall–Kier alpha value is -3.26. The summed E-state index contributed by atoms with van der Waals surface area (Å²) in [6, 6.07) is 11.1. The maximum Gasteiger partial charge on any atom is 0.282 e. The van der Waals surface area contributed by atoms with Crippen LogP contribution in [0.1, 0.15) is 30.4 Å². The van der Waals surface area contributed by atoms with Crippen molar-refractivity contribution in [3.63, 3.8) is 0 Å². The number of halogens is 2. The van der Waals surface area contributed by atoms with E-state index in [1.165, 1.54) is 11.1 Å². The topological polar surface area (TPSA) is 88.6 Å². The second kappa shape index (κ2) is 6.17. The summed E-state index contributed by atoms with van der Waals surface area (Å²) in [7, 11) is 0. The second-order valence-electron chi connectivity index (χ2n) is 7.03. The van der Waals surface area contributed by atoms with Crippen LogP contribution < -0.4 is 10.2 Å². The summed E-state index contributed by atoms with van der Waals surface area (Å²) < 4.78 is 26.6. The smallest absolute Gasteiger partial charge is 0.282 e. The lowest BCUT2D eigenvalue weighted by Gasteiger charge is -2.41. The molecule has 0 atom stereocenters. The highest BCUT2D eigenvalue weighted by atomic mass is 19.3. The molecule has 136 valence electrons. The molecule has 6 nitrogen and oxygen atoms in total. The fourth-order valence-electron chi connectivity index (χ4n) is 3.39. The molecule has 1 saturated carbocycles. The van der Waals surface area contributed by atoms with Crippen molar-refractivity contribution in [1.29, 1.82) is 10.5 Å². The van der Waals surface area contributed by atoms with Gasteiger partial charge >= 0.3 is 0 Å². The molecule has 3 heterocycles. The van der Waals surface area contributed by atoms with Gasteiger partial charge in [0.25, 0.3) is 5.92 Å². The van der Waals surface area contributed by atoms with Crippen LogP contribution in [0.15, 0.2) is 30.5 Å². The first kappa shape index (κ1) is 17.2. The summed E-state index contributed by atoms with van der Waals surface area (Å²) in [6.07, 6.45) is 3.95. The fourth-order valence-corrected chi connectivity index (χ4v) is 3.39. The Bertz CT molecular complexity index is 963. The number of aromatic nitrogens is 2. The van der Waals surface area contributed by atoms with Crippen LogP contribution in [0.25, 0.3) is 0 Å². The molecule has 2 aliphatic rings. The van der Waals surface area contributed by atoms with Crippen molar-refractivity contribution in [2.45, 2.75) is 30.6 Å². The predicted octanol–water partition coefficient (Wildman–Crippen LogP) is 3.49. The van der Waals surface area contributed by atoms with E-state index in [0.717, 1.165) is 24.8 Å². The summed E-state index contributed by atoms with van der Waals surface area (Å²) in [4.78, 5) is 10.1. The van der Waals surface area contributed by atoms with E-state index in [2.05, 4.69) is 21.4 Å². The molecule has 1 saturated heterocycles. The zero-order chi connectivity index (χ0) is 19.1. The Balaban J connectivity index is 1.70. The lowest BCUT2D eigenvalue weighted by molar-refractivity contribution is -0.0267. The van der Waals surface area contributed by atoms with Crippen LogP contribution >= 0.6 is 0 Å². The van der Waals surface area contributed by atoms with Crippen molar-refractivity contribution in [3.8, 4) is 12.1 Å². The molecule has 1 N–H and O–H groups in total. The second-order valence-corrected chi connectivity index (χ2v) is 7.03. The van der Waals surface area contributed by atoms with E-state index in [4.69, 9.17) is 5.26 Å². The van der Waals surface area contributed by atoms with Gasteiger partial charge in [-0.05, 0) is 49.1 Å². The van der Waals surface area contributed by atoms with E-state index >= 15 is 0 Å². The molecule has 0 spiro atoms. The summed E-state index contributed by atoms with van der Waals surface area (Å²) in [6.45, 7) is -0.769. The van der Waals surface area contributed by atoms with Gasteiger partial charge in [-0.1, -0.05) is 0 Å². The van der Waals surface area contributed by atoms with Gasteiger partial charge < -0.3 is 10.2 Å². The third kappa shape index (κ3) is 3.15. The highest BCUT2D eigenvalue weighted by Crippen LogP contribution is 2.45. The highest BCUT2D eigenvalue weighted by molar-refractivity contribution is 5.61. The van der Waals surface area contributed by atoms with Crippen LogP contribution in [0.2, 0.25) is 0 Å². The molecule has 2 aromatic heterocycles. The van der Waals surface area contributed by atoms with E-state index in [1.807, 2.05) is 6.07 Å². The third-order valence-corrected chi connectivity index (χ3v) is 5.10. The molecule has 8 heteroatoms. The number of nitrogens with zero attached hydrogens (tertiary/aromatic N) is 5. The minimum Gasteiger partial charge on any atom is -0.344 e. The number of hydrogen-bond acceptors (Lipinski definition) is 6. The summed E-state index contributed by atoms with van der Waals surface area (Å²) in [5.41, 5.74) is 0.623. The molecule has 0 aromatic carbocycles. The molecule has 0 radical (unpaired) electrons. The zero-order valence-corrected chi connectivity index (χ0v) is 14.4. The number of nitriles is 2. The molecular weight excluding hydrogens is 350 g/mol. The maximum atomic E-state index is 13.3. The minimum absolute atomic E-state index is 0.384. The maximum absolute atomic E-state index is 13.3. The Labute approximate surface area is 155 Å². The lowest BCUT2D eigenvalue weighted by Crippen LogP contribution is -2.56. The molecule has 0 unspecified atom stereocenters. The molecule has 0 amide bonds. The first-order valence-electron chi connectivity index (χ1n) is 8.63. The van der Waals surface area contributed by atoms with Gasteiger partial charge in [0.2, 0.25) is 0 Å². The molecule has 1 aliphatic carbocycles. The van der Waals surface area contributed by atoms with Crippen LogP contribution in [0.3, 0.4) is 0 Å². The average Bonchev–Trinajstić information content (AvgIpc) is 2.59. The third-order valence-electron chi connectivity index (χ3n) is 5.10. The largest absolute Gasteiger partial charge is 0.344 e. The van der Waals surface area contributed by atoms with Crippen LogP contribution in [-0.2, 0) is 5.41 Å². The molecule has 2 fully saturated rings. The Morgan fingerprint density at radius 3 is 2.48 bits per heavy atom. The average molecular weight is 366 g/mol. The van der Waals surface area contributed by atoms with Crippen molar-refractivity contribution >= 4 is 17.5 Å². The van der Waals surface area contributed by atoms with Crippen molar-refractivity contribution in [3.05, 3.63) is 41.6 Å². The first-order chi connectivity index (χ1) is 12.9. The van der Waals surface area contributed by atoms with Crippen molar-refractivity contribution in [1.82, 2.24) is 9.97 Å². The van der Waals surface area contributed by atoms with E-state index in [0.29, 0.717) is 23.0 Å². The normalized spacial score (nSPS) is 19.2. The van der Waals surface area contributed by atoms with Gasteiger partial charge in [0.15, 0.2) is 0 Å². The van der Waals surface area contributed by atoms with Gasteiger partial charge in [0.05, 0.1) is 36.2 Å². The first-order valence-corrected chi connectivity index (χ1v) is 8.63. The van der Waals surface area contributed by atoms with E-state index in [9.17, 15) is 14.0 Å². The molecule has 0 bridgehead atoms. The lowest BCUT2D eigenvalue weighted by atomic mass is 9.65. The SMILES string of the molecule is N#Cc1ccnc(Nc2cc(C3(C#N)CCC3)cc(N3CC(F)(F)C3)n2)c1. The number of anilines is 3. The Morgan fingerprint density at radius 1 is 1.11 bits per heavy atom. The standard InChI is InChI=1S/C19H16F2N6/c20-19(21)11-27(12-19)17-8-14(18(10-23)3-1-4-18)7-16(26-17)25-15-6-13(9-22)2-5-24-15/h2,5-8H,1,3-4,11-12H2,(H,24,25,26). The predicted molar refractivity (Wildman–Crippen MR) is 94.8 cm³/mol. The summed E-state index contributed by atoms with van der Waals surface area (Å²) in [5, 5.41) is 21.7. The molecular formula is C19H16F2N6. The zero-order valence-electron chi connectivity index (χ0n) is 14.4. The number of pyridine rings is 2. The van der Waals surface area contributed by atoms with Crippen LogP contribution in [0.4, 0.5) is 26.2 Å². The molecule has 27 heavy (non-hydrogen) atoms. The van der Waals surface area contributed by atoms with Gasteiger partial charge in [-0.25, -0.2) is 18.7 Å². The number of nitrogens with one attached hydrogen (secondary N) is 1. The van der Waals surface area contributed by atoms with Crippen LogP contribution in [0.5, 0.6) is 0 Å². The molecule has 4 rings (SSSR count). The Morgan fingerprint density at radius 2 is 1.89 bits per heavy atom. The number of hydrogen-bond donors (Lipinski definition) is 1. The van der Waals surface area contributed by atoms with Gasteiger partial charge in [-0.15, -0.1) is 0 Å². The van der Waals surface area contributed by atoms with Gasteiger partial charge in [0.1, 0.15) is 17.5 Å².